The van der Waals surface area contributed by atoms with Crippen molar-refractivity contribution in [3.8, 4) is 0 Å². The molecule has 2 aromatic rings. The Kier molecular flexibility index (Phi) is 10.1. The highest BCUT2D eigenvalue weighted by molar-refractivity contribution is 8.22. The average molecular weight is 608 g/mol. The third-order valence-corrected chi connectivity index (χ3v) is 11.3. The highest BCUT2D eigenvalue weighted by atomic mass is 32.3. The van der Waals surface area contributed by atoms with E-state index in [1.54, 1.807) is 23.5 Å². The molecule has 3 heterocycles. The van der Waals surface area contributed by atoms with Crippen LogP contribution in [0.1, 0.15) is 62.0 Å². The van der Waals surface area contributed by atoms with E-state index in [0.717, 1.165) is 50.3 Å². The van der Waals surface area contributed by atoms with Crippen molar-refractivity contribution < 1.29 is 27.4 Å². The van der Waals surface area contributed by atoms with Crippen molar-refractivity contribution in [3.05, 3.63) is 59.4 Å². The van der Waals surface area contributed by atoms with Crippen LogP contribution in [0, 0.1) is 17.6 Å². The van der Waals surface area contributed by atoms with E-state index in [0.29, 0.717) is 30.8 Å². The fraction of sp³-hybridized carbons (Fsp3) is 0.600. The van der Waals surface area contributed by atoms with Gasteiger partial charge in [0.15, 0.2) is 0 Å². The molecule has 42 heavy (non-hydrogen) atoms. The van der Waals surface area contributed by atoms with Gasteiger partial charge in [-0.25, -0.2) is 13.1 Å². The number of nitrogens with zero attached hydrogens (tertiary/aromatic N) is 2. The number of halogens is 2. The van der Waals surface area contributed by atoms with Crippen LogP contribution in [0.4, 0.5) is 14.5 Å². The first-order valence-electron chi connectivity index (χ1n) is 14.9. The normalized spacial score (nSPS) is 29.6. The van der Waals surface area contributed by atoms with Crippen molar-refractivity contribution in [2.75, 3.05) is 31.3 Å². The van der Waals surface area contributed by atoms with Crippen molar-refractivity contribution in [1.29, 1.82) is 0 Å². The molecule has 12 heteroatoms. The number of aromatic nitrogens is 1. The first kappa shape index (κ1) is 31.2. The molecule has 3 aliphatic rings. The van der Waals surface area contributed by atoms with Crippen molar-refractivity contribution >= 4 is 22.4 Å². The number of nitrogens with two attached hydrogens (primary N) is 1. The van der Waals surface area contributed by atoms with Crippen LogP contribution in [0.3, 0.4) is 0 Å². The number of hydrogen-bond acceptors (Lipinski definition) is 8. The molecule has 1 unspecified atom stereocenters. The number of ether oxygens (including phenoxy) is 1. The van der Waals surface area contributed by atoms with Gasteiger partial charge in [-0.15, -0.1) is 10.8 Å². The number of rotatable bonds is 9. The zero-order valence-corrected chi connectivity index (χ0v) is 24.9. The Balaban J connectivity index is 1.31. The molecule has 0 spiro atoms. The second-order valence-electron chi connectivity index (χ2n) is 11.9. The Morgan fingerprint density at radius 1 is 1.19 bits per heavy atom. The smallest absolute Gasteiger partial charge is 0.241 e. The molecule has 1 saturated carbocycles. The molecule has 232 valence electrons. The van der Waals surface area contributed by atoms with Crippen LogP contribution in [-0.4, -0.2) is 74.5 Å². The molecule has 1 aliphatic carbocycles. The van der Waals surface area contributed by atoms with E-state index in [-0.39, 0.29) is 47.9 Å². The molecule has 1 aromatic carbocycles. The zero-order valence-electron chi connectivity index (χ0n) is 24.1. The summed E-state index contributed by atoms with van der Waals surface area (Å²) in [5.74, 6) is -1.28. The summed E-state index contributed by atoms with van der Waals surface area (Å²) in [7, 11) is -1.18. The highest BCUT2D eigenvalue weighted by Gasteiger charge is 2.39. The molecule has 2 saturated heterocycles. The van der Waals surface area contributed by atoms with Gasteiger partial charge < -0.3 is 21.1 Å². The predicted molar refractivity (Wildman–Crippen MR) is 160 cm³/mol. The van der Waals surface area contributed by atoms with E-state index in [1.807, 2.05) is 0 Å². The number of nitrogens with one attached hydrogen (secondary N) is 2. The van der Waals surface area contributed by atoms with Crippen LogP contribution >= 0.6 is 10.8 Å². The highest BCUT2D eigenvalue weighted by Crippen LogP contribution is 2.49. The third kappa shape index (κ3) is 7.12. The van der Waals surface area contributed by atoms with Gasteiger partial charge in [0.2, 0.25) is 5.91 Å². The summed E-state index contributed by atoms with van der Waals surface area (Å²) in [6.07, 6.45) is 8.42. The van der Waals surface area contributed by atoms with E-state index in [4.69, 9.17) is 10.5 Å². The van der Waals surface area contributed by atoms with Gasteiger partial charge in [-0.2, -0.15) is 0 Å². The van der Waals surface area contributed by atoms with Crippen LogP contribution < -0.4 is 16.4 Å². The summed E-state index contributed by atoms with van der Waals surface area (Å²) in [6.45, 7) is 1.12. The predicted octanol–water partition coefficient (Wildman–Crippen LogP) is 4.65. The Morgan fingerprint density at radius 3 is 2.64 bits per heavy atom. The second kappa shape index (κ2) is 13.6. The topological polar surface area (TPSA) is 133 Å². The molecule has 3 fully saturated rings. The summed E-state index contributed by atoms with van der Waals surface area (Å²) in [6, 6.07) is 5.19. The quantitative estimate of drug-likeness (QED) is 0.278. The molecule has 1 amide bonds. The fourth-order valence-electron chi connectivity index (χ4n) is 6.93. The minimum atomic E-state index is -2.88. The van der Waals surface area contributed by atoms with Gasteiger partial charge in [0.25, 0.3) is 0 Å². The molecule has 9 nitrogen and oxygen atoms in total. The van der Waals surface area contributed by atoms with E-state index in [1.165, 1.54) is 18.3 Å². The van der Waals surface area contributed by atoms with Gasteiger partial charge in [-0.05, 0) is 75.0 Å². The van der Waals surface area contributed by atoms with Crippen molar-refractivity contribution in [2.24, 2.45) is 11.7 Å². The summed E-state index contributed by atoms with van der Waals surface area (Å²) < 4.78 is 57.7. The summed E-state index contributed by atoms with van der Waals surface area (Å²) >= 11 is 0. The Bertz CT molecular complexity index is 1210. The molecular weight excluding hydrogens is 564 g/mol. The number of piperazine rings is 1. The summed E-state index contributed by atoms with van der Waals surface area (Å²) in [5, 5.41) is 6.33. The van der Waals surface area contributed by atoms with Gasteiger partial charge in [-0.3, -0.25) is 18.9 Å². The van der Waals surface area contributed by atoms with Gasteiger partial charge in [0.05, 0.1) is 36.0 Å². The first-order valence-corrected chi connectivity index (χ1v) is 16.6. The Morgan fingerprint density at radius 2 is 1.93 bits per heavy atom. The number of amides is 1. The zero-order chi connectivity index (χ0) is 29.9. The molecule has 6 N–H and O–H groups in total. The molecule has 2 aliphatic heterocycles. The van der Waals surface area contributed by atoms with Gasteiger partial charge >= 0.3 is 0 Å². The average Bonchev–Trinajstić information content (AvgIpc) is 3.10. The molecule has 0 radical (unpaired) electrons. The number of fused-ring (bicyclic) bond motifs is 2. The van der Waals surface area contributed by atoms with Gasteiger partial charge in [0, 0.05) is 43.8 Å². The van der Waals surface area contributed by atoms with E-state index < -0.39 is 28.5 Å². The van der Waals surface area contributed by atoms with Gasteiger partial charge in [-0.1, -0.05) is 12.1 Å². The molecule has 2 bridgehead atoms. The number of methoxy groups -OCH3 is 1. The van der Waals surface area contributed by atoms with Crippen molar-refractivity contribution in [3.63, 3.8) is 0 Å². The first-order chi connectivity index (χ1) is 20.2. The number of pyridine rings is 1. The number of hydrogen-bond donors (Lipinski definition) is 5. The number of carbonyl (C=O) groups is 1. The summed E-state index contributed by atoms with van der Waals surface area (Å²) in [4.78, 5) is 17.6. The maximum absolute atomic E-state index is 15.1. The third-order valence-electron chi connectivity index (χ3n) is 9.29. The lowest BCUT2D eigenvalue weighted by Gasteiger charge is -2.49. The lowest BCUT2D eigenvalue weighted by atomic mass is 9.72. The molecule has 1 aromatic heterocycles. The minimum Gasteiger partial charge on any atom is -0.381 e. The van der Waals surface area contributed by atoms with E-state index in [9.17, 15) is 18.3 Å². The van der Waals surface area contributed by atoms with Crippen LogP contribution in [-0.2, 0) is 16.0 Å². The van der Waals surface area contributed by atoms with Crippen LogP contribution in [0.15, 0.2) is 36.7 Å². The van der Waals surface area contributed by atoms with E-state index in [2.05, 4.69) is 15.6 Å². The van der Waals surface area contributed by atoms with Crippen LogP contribution in [0.5, 0.6) is 0 Å². The van der Waals surface area contributed by atoms with Gasteiger partial charge in [0.1, 0.15) is 11.6 Å². The Labute approximate surface area is 248 Å². The van der Waals surface area contributed by atoms with Crippen molar-refractivity contribution in [1.82, 2.24) is 14.6 Å². The number of carbonyl (C=O) groups excluding carboxylic acids is 1. The standard InChI is InChI=1S/C30H43F2N5O4S/c1-41-24-11-6-20(7-12-24)28(19-4-8-21(31)9-5-19)29(33)30(38)36-27-17-34-16-26(32)25(27)13-10-23-15-35-22-3-2-14-42(39,40)37(23)18-22/h4-5,8-9,16-17,20,22-24,28-29,35,39-40H,2-3,6-7,10-15,18,33H2,1H3,(H,36,38)/t20?,22-,23+,24?,28+,29+/m1/s1. The van der Waals surface area contributed by atoms with Crippen molar-refractivity contribution in [2.45, 2.75) is 81.5 Å². The molecule has 5 atom stereocenters. The maximum atomic E-state index is 15.1. The molecular formula is C30H43F2N5O4S. The SMILES string of the molecule is COC1CCC([C@H](c2ccc(F)cc2)[C@H](N)C(=O)Nc2cncc(F)c2CC[C@H]2CN[C@@H]3CCCS(O)(O)N2C3)CC1. The van der Waals surface area contributed by atoms with E-state index >= 15 is 4.39 Å². The van der Waals surface area contributed by atoms with Crippen LogP contribution in [0.2, 0.25) is 0 Å². The maximum Gasteiger partial charge on any atom is 0.241 e. The monoisotopic (exact) mass is 607 g/mol. The lowest BCUT2D eigenvalue weighted by molar-refractivity contribution is -0.118. The largest absolute Gasteiger partial charge is 0.381 e. The Hall–Kier alpha value is -2.19. The lowest BCUT2D eigenvalue weighted by Crippen LogP contribution is -2.55. The number of benzene rings is 1. The van der Waals surface area contributed by atoms with Crippen LogP contribution in [0.25, 0.3) is 0 Å². The minimum absolute atomic E-state index is 0.101. The fourth-order valence-corrected chi connectivity index (χ4v) is 8.79. The second-order valence-corrected chi connectivity index (χ2v) is 14.0. The summed E-state index contributed by atoms with van der Waals surface area (Å²) in [5.41, 5.74) is 7.98. The molecule has 5 rings (SSSR count). The number of anilines is 1.